The summed E-state index contributed by atoms with van der Waals surface area (Å²) >= 11 is 0. The lowest BCUT2D eigenvalue weighted by atomic mass is 10.2. The standard InChI is InChI=1S/C12H22N2O3/c1-10(2)12(17)13-7-5-6-8-14(3,4)9-11(15)16/h1,5-9H2,2-4H3,(H-,13,15,16,17)/p+1. The van der Waals surface area contributed by atoms with Gasteiger partial charge in [0.1, 0.15) is 0 Å². The number of hydrogen-bond donors (Lipinski definition) is 2. The van der Waals surface area contributed by atoms with Gasteiger partial charge in [-0.25, -0.2) is 4.79 Å². The number of likely N-dealkylation sites (N-methyl/N-ethyl adjacent to an activating group) is 1. The number of carbonyl (C=O) groups excluding carboxylic acids is 1. The molecule has 0 radical (unpaired) electrons. The summed E-state index contributed by atoms with van der Waals surface area (Å²) in [6.07, 6.45) is 1.73. The molecular formula is C12H23N2O3+. The van der Waals surface area contributed by atoms with E-state index in [9.17, 15) is 9.59 Å². The Bertz CT molecular complexity index is 298. The summed E-state index contributed by atoms with van der Waals surface area (Å²) < 4.78 is 0.462. The van der Waals surface area contributed by atoms with Gasteiger partial charge in [0.25, 0.3) is 0 Å². The number of aliphatic carboxylic acids is 1. The molecule has 0 aromatic carbocycles. The number of rotatable bonds is 8. The van der Waals surface area contributed by atoms with Crippen LogP contribution in [0.15, 0.2) is 12.2 Å². The van der Waals surface area contributed by atoms with Gasteiger partial charge < -0.3 is 14.9 Å². The van der Waals surface area contributed by atoms with Crippen molar-refractivity contribution < 1.29 is 19.2 Å². The molecule has 0 rings (SSSR count). The van der Waals surface area contributed by atoms with Crippen LogP contribution in [0.3, 0.4) is 0 Å². The predicted molar refractivity (Wildman–Crippen MR) is 66.5 cm³/mol. The van der Waals surface area contributed by atoms with Crippen LogP contribution in [0.2, 0.25) is 0 Å². The highest BCUT2D eigenvalue weighted by Crippen LogP contribution is 2.01. The third-order valence-corrected chi connectivity index (χ3v) is 2.43. The molecular weight excluding hydrogens is 220 g/mol. The molecule has 17 heavy (non-hydrogen) atoms. The van der Waals surface area contributed by atoms with Crippen LogP contribution in [0.5, 0.6) is 0 Å². The Hall–Kier alpha value is -1.36. The van der Waals surface area contributed by atoms with Crippen LogP contribution in [-0.4, -0.2) is 55.2 Å². The van der Waals surface area contributed by atoms with Gasteiger partial charge in [-0.05, 0) is 19.8 Å². The smallest absolute Gasteiger partial charge is 0.359 e. The zero-order chi connectivity index (χ0) is 13.5. The molecule has 1 amide bonds. The van der Waals surface area contributed by atoms with Crippen molar-refractivity contribution >= 4 is 11.9 Å². The third kappa shape index (κ3) is 8.45. The zero-order valence-corrected chi connectivity index (χ0v) is 11.0. The largest absolute Gasteiger partial charge is 0.477 e. The summed E-state index contributed by atoms with van der Waals surface area (Å²) in [6.45, 7) is 6.73. The molecule has 0 saturated heterocycles. The molecule has 0 aliphatic rings. The summed E-state index contributed by atoms with van der Waals surface area (Å²) in [4.78, 5) is 21.7. The maximum atomic E-state index is 11.2. The molecule has 0 unspecified atom stereocenters. The third-order valence-electron chi connectivity index (χ3n) is 2.43. The van der Waals surface area contributed by atoms with Gasteiger partial charge in [0, 0.05) is 12.1 Å². The average Bonchev–Trinajstić information content (AvgIpc) is 2.14. The monoisotopic (exact) mass is 243 g/mol. The van der Waals surface area contributed by atoms with E-state index in [0.717, 1.165) is 19.4 Å². The molecule has 98 valence electrons. The minimum atomic E-state index is -0.786. The average molecular weight is 243 g/mol. The Morgan fingerprint density at radius 2 is 1.88 bits per heavy atom. The van der Waals surface area contributed by atoms with Crippen molar-refractivity contribution in [2.75, 3.05) is 33.7 Å². The van der Waals surface area contributed by atoms with Crippen LogP contribution in [0, 0.1) is 0 Å². The van der Waals surface area contributed by atoms with E-state index in [2.05, 4.69) is 11.9 Å². The van der Waals surface area contributed by atoms with Gasteiger partial charge in [-0.3, -0.25) is 4.79 Å². The Labute approximate surface area is 103 Å². The second kappa shape index (κ2) is 7.06. The minimum absolute atomic E-state index is 0.121. The lowest BCUT2D eigenvalue weighted by molar-refractivity contribution is -0.883. The van der Waals surface area contributed by atoms with Crippen molar-refractivity contribution in [3.8, 4) is 0 Å². The van der Waals surface area contributed by atoms with Crippen molar-refractivity contribution in [2.24, 2.45) is 0 Å². The van der Waals surface area contributed by atoms with Gasteiger partial charge in [0.2, 0.25) is 5.91 Å². The lowest BCUT2D eigenvalue weighted by Gasteiger charge is -2.27. The fourth-order valence-corrected chi connectivity index (χ4v) is 1.46. The van der Waals surface area contributed by atoms with Crippen LogP contribution < -0.4 is 5.32 Å². The molecule has 5 nitrogen and oxygen atoms in total. The van der Waals surface area contributed by atoms with Crippen molar-refractivity contribution in [1.82, 2.24) is 5.32 Å². The summed E-state index contributed by atoms with van der Waals surface area (Å²) in [7, 11) is 3.78. The molecule has 0 atom stereocenters. The molecule has 0 aromatic rings. The molecule has 0 saturated carbocycles. The Balaban J connectivity index is 3.67. The van der Waals surface area contributed by atoms with Gasteiger partial charge in [-0.15, -0.1) is 0 Å². The first-order valence-electron chi connectivity index (χ1n) is 5.72. The van der Waals surface area contributed by atoms with E-state index in [4.69, 9.17) is 5.11 Å². The molecule has 5 heteroatoms. The van der Waals surface area contributed by atoms with Crippen molar-refractivity contribution in [2.45, 2.75) is 19.8 Å². The number of carbonyl (C=O) groups is 2. The van der Waals surface area contributed by atoms with E-state index in [1.54, 1.807) is 6.92 Å². The molecule has 0 aromatic heterocycles. The second-order valence-electron chi connectivity index (χ2n) is 4.95. The number of carboxylic acid groups (broad SMARTS) is 1. The minimum Gasteiger partial charge on any atom is -0.477 e. The highest BCUT2D eigenvalue weighted by molar-refractivity contribution is 5.91. The molecule has 0 aliphatic heterocycles. The number of unbranched alkanes of at least 4 members (excludes halogenated alkanes) is 1. The Kier molecular flexibility index (Phi) is 6.50. The van der Waals surface area contributed by atoms with E-state index in [0.29, 0.717) is 16.6 Å². The van der Waals surface area contributed by atoms with Crippen LogP contribution in [-0.2, 0) is 9.59 Å². The highest BCUT2D eigenvalue weighted by Gasteiger charge is 2.18. The maximum Gasteiger partial charge on any atom is 0.359 e. The number of hydrogen-bond acceptors (Lipinski definition) is 2. The molecule has 0 heterocycles. The van der Waals surface area contributed by atoms with E-state index in [1.807, 2.05) is 14.1 Å². The van der Waals surface area contributed by atoms with Gasteiger partial charge in [0.15, 0.2) is 6.54 Å². The fraction of sp³-hybridized carbons (Fsp3) is 0.667. The van der Waals surface area contributed by atoms with E-state index in [-0.39, 0.29) is 12.5 Å². The van der Waals surface area contributed by atoms with Crippen LogP contribution in [0.4, 0.5) is 0 Å². The summed E-state index contributed by atoms with van der Waals surface area (Å²) in [5, 5.41) is 11.5. The van der Waals surface area contributed by atoms with E-state index < -0.39 is 5.97 Å². The molecule has 0 aliphatic carbocycles. The maximum absolute atomic E-state index is 11.2. The van der Waals surface area contributed by atoms with Gasteiger partial charge >= 0.3 is 5.97 Å². The molecule has 0 spiro atoms. The summed E-state index contributed by atoms with van der Waals surface area (Å²) in [5.74, 6) is -0.908. The van der Waals surface area contributed by atoms with Gasteiger partial charge in [-0.1, -0.05) is 6.58 Å². The first kappa shape index (κ1) is 15.6. The van der Waals surface area contributed by atoms with Crippen molar-refractivity contribution in [3.05, 3.63) is 12.2 Å². The van der Waals surface area contributed by atoms with Crippen molar-refractivity contribution in [1.29, 1.82) is 0 Å². The first-order chi connectivity index (χ1) is 7.74. The van der Waals surface area contributed by atoms with Crippen molar-refractivity contribution in [3.63, 3.8) is 0 Å². The van der Waals surface area contributed by atoms with Crippen LogP contribution >= 0.6 is 0 Å². The fourth-order valence-electron chi connectivity index (χ4n) is 1.46. The Morgan fingerprint density at radius 3 is 2.35 bits per heavy atom. The number of quaternary nitrogens is 1. The van der Waals surface area contributed by atoms with Crippen LogP contribution in [0.25, 0.3) is 0 Å². The van der Waals surface area contributed by atoms with Gasteiger partial charge in [0.05, 0.1) is 20.6 Å². The van der Waals surface area contributed by atoms with E-state index in [1.165, 1.54) is 0 Å². The topological polar surface area (TPSA) is 66.4 Å². The quantitative estimate of drug-likeness (QED) is 0.373. The van der Waals surface area contributed by atoms with E-state index >= 15 is 0 Å². The number of amides is 1. The SMILES string of the molecule is C=C(C)C(=O)NCCCC[N+](C)(C)CC(=O)O. The predicted octanol–water partition coefficient (Wildman–Crippen LogP) is 0.620. The number of nitrogens with one attached hydrogen (secondary N) is 1. The molecule has 0 bridgehead atoms. The van der Waals surface area contributed by atoms with Gasteiger partial charge in [-0.2, -0.15) is 0 Å². The first-order valence-corrected chi connectivity index (χ1v) is 5.72. The zero-order valence-electron chi connectivity index (χ0n) is 11.0. The number of nitrogens with zero attached hydrogens (tertiary/aromatic N) is 1. The molecule has 2 N–H and O–H groups in total. The summed E-state index contributed by atoms with van der Waals surface area (Å²) in [6, 6.07) is 0. The lowest BCUT2D eigenvalue weighted by Crippen LogP contribution is -2.44. The highest BCUT2D eigenvalue weighted by atomic mass is 16.4. The molecule has 0 fully saturated rings. The number of carboxylic acids is 1. The van der Waals surface area contributed by atoms with Crippen LogP contribution in [0.1, 0.15) is 19.8 Å². The normalized spacial score (nSPS) is 11.0. The summed E-state index contributed by atoms with van der Waals surface area (Å²) in [5.41, 5.74) is 0.506. The Morgan fingerprint density at radius 1 is 1.29 bits per heavy atom. The second-order valence-corrected chi connectivity index (χ2v) is 4.95.